The van der Waals surface area contributed by atoms with E-state index in [2.05, 4.69) is 10.6 Å². The van der Waals surface area contributed by atoms with Crippen LogP contribution in [-0.4, -0.2) is 92.8 Å². The minimum Gasteiger partial charge on any atom is -0.493 e. The van der Waals surface area contributed by atoms with Crippen molar-refractivity contribution in [3.8, 4) is 11.5 Å². The molecule has 0 aliphatic carbocycles. The zero-order valence-corrected chi connectivity index (χ0v) is 25.0. The first-order chi connectivity index (χ1) is 21.0. The van der Waals surface area contributed by atoms with Gasteiger partial charge in [-0.2, -0.15) is 13.2 Å². The van der Waals surface area contributed by atoms with Crippen LogP contribution >= 0.6 is 0 Å². The number of nitrogens with one attached hydrogen (secondary N) is 2. The van der Waals surface area contributed by atoms with Crippen molar-refractivity contribution in [2.45, 2.75) is 26.1 Å². The molecule has 0 spiro atoms. The number of benzene rings is 2. The number of hydrogen-bond acceptors (Lipinski definition) is 7. The number of ether oxygens (including phenoxy) is 3. The van der Waals surface area contributed by atoms with Gasteiger partial charge in [-0.25, -0.2) is 14.4 Å². The summed E-state index contributed by atoms with van der Waals surface area (Å²) in [6.07, 6.45) is -4.46. The maximum atomic E-state index is 13.5. The number of amides is 4. The van der Waals surface area contributed by atoms with E-state index in [0.717, 1.165) is 12.1 Å². The average molecular weight is 620 g/mol. The highest BCUT2D eigenvalue weighted by molar-refractivity contribution is 5.95. The summed E-state index contributed by atoms with van der Waals surface area (Å²) in [6, 6.07) is 7.75. The molecule has 14 heteroatoms. The summed E-state index contributed by atoms with van der Waals surface area (Å²) in [5.74, 6) is 0.233. The molecule has 4 rings (SSSR count). The first-order valence-electron chi connectivity index (χ1n) is 14.2. The quantitative estimate of drug-likeness (QED) is 0.398. The summed E-state index contributed by atoms with van der Waals surface area (Å²) in [5, 5.41) is 5.56. The van der Waals surface area contributed by atoms with Gasteiger partial charge in [0.05, 0.1) is 38.0 Å². The molecule has 2 aliphatic rings. The van der Waals surface area contributed by atoms with Crippen LogP contribution < -0.4 is 20.1 Å². The number of esters is 1. The van der Waals surface area contributed by atoms with Gasteiger partial charge < -0.3 is 29.7 Å². The average Bonchev–Trinajstić information content (AvgIpc) is 3.00. The Hall–Kier alpha value is -4.46. The SMILES string of the molecule is CCOC(=O)C1=C(CN2CCN(C(=O)Nc3ccc(C(F)(F)F)cc3)CC2)N(CC)C(=O)N[C@H]1c1cccc(OC)c1OC. The number of piperazine rings is 1. The molecule has 0 saturated carbocycles. The second kappa shape index (κ2) is 13.9. The molecule has 4 amide bonds. The predicted molar refractivity (Wildman–Crippen MR) is 155 cm³/mol. The van der Waals surface area contributed by atoms with Gasteiger partial charge in [-0.15, -0.1) is 0 Å². The highest BCUT2D eigenvalue weighted by Gasteiger charge is 2.40. The second-order valence-electron chi connectivity index (χ2n) is 10.1. The molecule has 1 atom stereocenters. The van der Waals surface area contributed by atoms with Gasteiger partial charge in [0, 0.05) is 56.2 Å². The molecule has 0 bridgehead atoms. The number of nitrogens with zero attached hydrogens (tertiary/aromatic N) is 3. The number of likely N-dealkylation sites (N-methyl/N-ethyl adjacent to an activating group) is 1. The van der Waals surface area contributed by atoms with E-state index in [0.29, 0.717) is 55.5 Å². The fourth-order valence-corrected chi connectivity index (χ4v) is 5.30. The Balaban J connectivity index is 1.55. The monoisotopic (exact) mass is 619 g/mol. The van der Waals surface area contributed by atoms with Gasteiger partial charge in [0.1, 0.15) is 0 Å². The van der Waals surface area contributed by atoms with Crippen LogP contribution in [0.25, 0.3) is 0 Å². The van der Waals surface area contributed by atoms with Crippen LogP contribution in [0.15, 0.2) is 53.7 Å². The summed E-state index contributed by atoms with van der Waals surface area (Å²) in [5.41, 5.74) is 0.724. The number of carbonyl (C=O) groups is 3. The lowest BCUT2D eigenvalue weighted by Gasteiger charge is -2.40. The van der Waals surface area contributed by atoms with Gasteiger partial charge in [0.15, 0.2) is 11.5 Å². The fraction of sp³-hybridized carbons (Fsp3) is 0.433. The molecular weight excluding hydrogens is 583 g/mol. The molecular formula is C30H36F3N5O6. The predicted octanol–water partition coefficient (Wildman–Crippen LogP) is 4.48. The van der Waals surface area contributed by atoms with Gasteiger partial charge in [-0.05, 0) is 44.2 Å². The van der Waals surface area contributed by atoms with E-state index in [1.54, 1.807) is 36.9 Å². The van der Waals surface area contributed by atoms with Crippen molar-refractivity contribution >= 4 is 23.7 Å². The maximum absolute atomic E-state index is 13.5. The lowest BCUT2D eigenvalue weighted by Crippen LogP contribution is -2.54. The molecule has 2 aliphatic heterocycles. The van der Waals surface area contributed by atoms with Crippen LogP contribution in [0.3, 0.4) is 0 Å². The van der Waals surface area contributed by atoms with Crippen molar-refractivity contribution in [3.05, 3.63) is 64.9 Å². The lowest BCUT2D eigenvalue weighted by molar-refractivity contribution is -0.139. The number of rotatable bonds is 9. The van der Waals surface area contributed by atoms with E-state index in [1.807, 2.05) is 4.90 Å². The zero-order chi connectivity index (χ0) is 32.0. The smallest absolute Gasteiger partial charge is 0.416 e. The molecule has 0 radical (unpaired) electrons. The second-order valence-corrected chi connectivity index (χ2v) is 10.1. The molecule has 2 aromatic rings. The van der Waals surface area contributed by atoms with E-state index in [9.17, 15) is 27.6 Å². The number of alkyl halides is 3. The molecule has 44 heavy (non-hydrogen) atoms. The number of para-hydroxylation sites is 1. The summed E-state index contributed by atoms with van der Waals surface area (Å²) in [4.78, 5) is 44.7. The Morgan fingerprint density at radius 2 is 1.68 bits per heavy atom. The lowest BCUT2D eigenvalue weighted by atomic mass is 9.93. The number of urea groups is 2. The molecule has 0 aromatic heterocycles. The van der Waals surface area contributed by atoms with Crippen molar-refractivity contribution in [2.24, 2.45) is 0 Å². The number of halogens is 3. The van der Waals surface area contributed by atoms with Crippen LogP contribution in [0.5, 0.6) is 11.5 Å². The normalized spacial score (nSPS) is 17.7. The summed E-state index contributed by atoms with van der Waals surface area (Å²) in [6.45, 7) is 5.64. The van der Waals surface area contributed by atoms with Gasteiger partial charge in [-0.1, -0.05) is 12.1 Å². The van der Waals surface area contributed by atoms with Crippen molar-refractivity contribution < 1.29 is 41.8 Å². The molecule has 2 N–H and O–H groups in total. The summed E-state index contributed by atoms with van der Waals surface area (Å²) < 4.78 is 55.1. The van der Waals surface area contributed by atoms with Crippen molar-refractivity contribution in [1.82, 2.24) is 20.0 Å². The van der Waals surface area contributed by atoms with Gasteiger partial charge in [0.25, 0.3) is 0 Å². The summed E-state index contributed by atoms with van der Waals surface area (Å²) in [7, 11) is 2.98. The van der Waals surface area contributed by atoms with Crippen LogP contribution in [0, 0.1) is 0 Å². The number of hydrogen-bond donors (Lipinski definition) is 2. The third-order valence-corrected chi connectivity index (χ3v) is 7.49. The van der Waals surface area contributed by atoms with Gasteiger partial charge in [-0.3, -0.25) is 9.80 Å². The van der Waals surface area contributed by atoms with E-state index in [1.165, 1.54) is 31.3 Å². The molecule has 1 saturated heterocycles. The van der Waals surface area contributed by atoms with Crippen LogP contribution in [-0.2, 0) is 15.7 Å². The van der Waals surface area contributed by atoms with E-state index >= 15 is 0 Å². The molecule has 2 aromatic carbocycles. The van der Waals surface area contributed by atoms with Crippen LogP contribution in [0.1, 0.15) is 31.0 Å². The largest absolute Gasteiger partial charge is 0.493 e. The van der Waals surface area contributed by atoms with Gasteiger partial charge >= 0.3 is 24.2 Å². The molecule has 1 fully saturated rings. The highest BCUT2D eigenvalue weighted by atomic mass is 19.4. The fourth-order valence-electron chi connectivity index (χ4n) is 5.30. The van der Waals surface area contributed by atoms with E-state index in [4.69, 9.17) is 14.2 Å². The Kier molecular flexibility index (Phi) is 10.2. The maximum Gasteiger partial charge on any atom is 0.416 e. The number of carbonyl (C=O) groups excluding carboxylic acids is 3. The molecule has 11 nitrogen and oxygen atoms in total. The topological polar surface area (TPSA) is 113 Å². The Morgan fingerprint density at radius 1 is 1.00 bits per heavy atom. The zero-order valence-electron chi connectivity index (χ0n) is 25.0. The molecule has 238 valence electrons. The van der Waals surface area contributed by atoms with Crippen LogP contribution in [0.2, 0.25) is 0 Å². The van der Waals surface area contributed by atoms with Crippen molar-refractivity contribution in [3.63, 3.8) is 0 Å². The Morgan fingerprint density at radius 3 is 2.25 bits per heavy atom. The van der Waals surface area contributed by atoms with Crippen LogP contribution in [0.4, 0.5) is 28.4 Å². The number of methoxy groups -OCH3 is 2. The molecule has 2 heterocycles. The van der Waals surface area contributed by atoms with E-state index < -0.39 is 29.8 Å². The summed E-state index contributed by atoms with van der Waals surface area (Å²) >= 11 is 0. The van der Waals surface area contributed by atoms with Crippen molar-refractivity contribution in [1.29, 1.82) is 0 Å². The van der Waals surface area contributed by atoms with Crippen molar-refractivity contribution in [2.75, 3.05) is 65.4 Å². The Labute approximate surface area is 253 Å². The Bertz CT molecular complexity index is 1390. The first kappa shape index (κ1) is 32.5. The minimum absolute atomic E-state index is 0.129. The minimum atomic E-state index is -4.46. The third kappa shape index (κ3) is 7.01. The standard InChI is InChI=1S/C30H36F3N5O6/c1-5-38-22(18-36-14-16-37(17-15-36)28(40)34-20-12-10-19(11-13-20)30(31,32)33)24(27(39)44-6-2)25(35-29(38)41)21-8-7-9-23(42-3)26(21)43-4/h7-13,25H,5-6,14-18H2,1-4H3,(H,34,40)(H,35,41)/t25-/m0/s1. The molecule has 0 unspecified atom stereocenters. The highest BCUT2D eigenvalue weighted by Crippen LogP contribution is 2.40. The number of anilines is 1. The first-order valence-corrected chi connectivity index (χ1v) is 14.2. The van der Waals surface area contributed by atoms with E-state index in [-0.39, 0.29) is 30.4 Å². The third-order valence-electron chi connectivity index (χ3n) is 7.49. The van der Waals surface area contributed by atoms with Gasteiger partial charge in [0.2, 0.25) is 0 Å².